The highest BCUT2D eigenvalue weighted by Gasteiger charge is 2.33. The van der Waals surface area contributed by atoms with Gasteiger partial charge in [0.25, 0.3) is 0 Å². The van der Waals surface area contributed by atoms with E-state index in [0.717, 1.165) is 24.7 Å². The molecule has 21 heavy (non-hydrogen) atoms. The van der Waals surface area contributed by atoms with Gasteiger partial charge in [-0.25, -0.2) is 8.42 Å². The highest BCUT2D eigenvalue weighted by atomic mass is 32.2. The molecule has 2 N–H and O–H groups in total. The Bertz CT molecular complexity index is 545. The minimum atomic E-state index is -3.29. The zero-order valence-electron chi connectivity index (χ0n) is 12.4. The zero-order valence-corrected chi connectivity index (χ0v) is 13.3. The molecule has 0 amide bonds. The standard InChI is InChI=1S/C16H24N2O2S/c19-21(20,16-4-2-1-3-5-16)18-12-8-15(9-13-18)14-6-10-17-11-7-14/h1-5,14-15,17H,6-13H2/p+1. The number of sulfonamides is 1. The molecule has 0 bridgehead atoms. The van der Waals surface area contributed by atoms with Gasteiger partial charge in [0.1, 0.15) is 0 Å². The first kappa shape index (κ1) is 15.0. The molecular weight excluding hydrogens is 284 g/mol. The van der Waals surface area contributed by atoms with E-state index in [1.54, 1.807) is 28.6 Å². The first-order chi connectivity index (χ1) is 10.2. The Morgan fingerprint density at radius 1 is 0.905 bits per heavy atom. The summed E-state index contributed by atoms with van der Waals surface area (Å²) >= 11 is 0. The Morgan fingerprint density at radius 2 is 1.48 bits per heavy atom. The maximum absolute atomic E-state index is 12.6. The number of nitrogens with two attached hydrogens (primary N) is 1. The van der Waals surface area contributed by atoms with E-state index in [-0.39, 0.29) is 0 Å². The molecule has 1 aromatic rings. The highest BCUT2D eigenvalue weighted by Crippen LogP contribution is 2.31. The Hall–Kier alpha value is -0.910. The first-order valence-corrected chi connectivity index (χ1v) is 9.49. The molecule has 0 spiro atoms. The van der Waals surface area contributed by atoms with Crippen molar-refractivity contribution in [2.45, 2.75) is 30.6 Å². The van der Waals surface area contributed by atoms with Crippen LogP contribution in [0.1, 0.15) is 25.7 Å². The smallest absolute Gasteiger partial charge is 0.243 e. The van der Waals surface area contributed by atoms with E-state index in [0.29, 0.717) is 18.0 Å². The second kappa shape index (κ2) is 6.46. The Balaban J connectivity index is 1.63. The highest BCUT2D eigenvalue weighted by molar-refractivity contribution is 7.89. The van der Waals surface area contributed by atoms with Crippen molar-refractivity contribution in [2.75, 3.05) is 26.2 Å². The summed E-state index contributed by atoms with van der Waals surface area (Å²) in [5.74, 6) is 1.54. The van der Waals surface area contributed by atoms with E-state index in [1.807, 2.05) is 6.07 Å². The second-order valence-corrected chi connectivity index (χ2v) is 8.20. The number of nitrogens with zero attached hydrogens (tertiary/aromatic N) is 1. The Kier molecular flexibility index (Phi) is 4.62. The van der Waals surface area contributed by atoms with Crippen LogP contribution in [0.15, 0.2) is 35.2 Å². The van der Waals surface area contributed by atoms with Gasteiger partial charge in [0, 0.05) is 13.1 Å². The topological polar surface area (TPSA) is 54.0 Å². The fourth-order valence-corrected chi connectivity index (χ4v) is 5.24. The molecule has 0 unspecified atom stereocenters. The van der Waals surface area contributed by atoms with E-state index in [1.165, 1.54) is 25.9 Å². The first-order valence-electron chi connectivity index (χ1n) is 8.05. The summed E-state index contributed by atoms with van der Waals surface area (Å²) in [7, 11) is -3.29. The van der Waals surface area contributed by atoms with Crippen molar-refractivity contribution in [1.29, 1.82) is 0 Å². The van der Waals surface area contributed by atoms with Crippen LogP contribution in [0.25, 0.3) is 0 Å². The van der Waals surface area contributed by atoms with Crippen LogP contribution in [-0.4, -0.2) is 38.9 Å². The van der Waals surface area contributed by atoms with E-state index >= 15 is 0 Å². The molecule has 0 atom stereocenters. The summed E-state index contributed by atoms with van der Waals surface area (Å²) in [5, 5.41) is 2.39. The van der Waals surface area contributed by atoms with Gasteiger partial charge in [-0.1, -0.05) is 18.2 Å². The third kappa shape index (κ3) is 3.30. The molecular formula is C16H25N2O2S+. The number of piperidine rings is 2. The second-order valence-electron chi connectivity index (χ2n) is 6.26. The van der Waals surface area contributed by atoms with Crippen LogP contribution >= 0.6 is 0 Å². The lowest BCUT2D eigenvalue weighted by Crippen LogP contribution is -2.86. The van der Waals surface area contributed by atoms with Crippen molar-refractivity contribution in [1.82, 2.24) is 4.31 Å². The van der Waals surface area contributed by atoms with Crippen molar-refractivity contribution >= 4 is 10.0 Å². The summed E-state index contributed by atoms with van der Waals surface area (Å²) in [6.45, 7) is 3.85. The third-order valence-electron chi connectivity index (χ3n) is 5.03. The SMILES string of the molecule is O=S(=O)(c1ccccc1)N1CCC(C2CC[NH2+]CC2)CC1. The van der Waals surface area contributed by atoms with Crippen LogP contribution in [0.4, 0.5) is 0 Å². The summed E-state index contributed by atoms with van der Waals surface area (Å²) in [5.41, 5.74) is 0. The van der Waals surface area contributed by atoms with Crippen LogP contribution in [-0.2, 0) is 10.0 Å². The van der Waals surface area contributed by atoms with E-state index in [4.69, 9.17) is 0 Å². The molecule has 2 fully saturated rings. The Morgan fingerprint density at radius 3 is 2.10 bits per heavy atom. The van der Waals surface area contributed by atoms with Gasteiger partial charge in [-0.2, -0.15) is 4.31 Å². The molecule has 4 nitrogen and oxygen atoms in total. The van der Waals surface area contributed by atoms with E-state index in [2.05, 4.69) is 5.32 Å². The Labute approximate surface area is 127 Å². The normalized spacial score (nSPS) is 23.2. The van der Waals surface area contributed by atoms with Gasteiger partial charge in [-0.15, -0.1) is 0 Å². The van der Waals surface area contributed by atoms with E-state index < -0.39 is 10.0 Å². The molecule has 0 radical (unpaired) electrons. The fraction of sp³-hybridized carbons (Fsp3) is 0.625. The van der Waals surface area contributed by atoms with Crippen LogP contribution in [0.2, 0.25) is 0 Å². The number of benzene rings is 1. The number of hydrogen-bond acceptors (Lipinski definition) is 2. The van der Waals surface area contributed by atoms with Gasteiger partial charge in [-0.05, 0) is 49.7 Å². The molecule has 2 aliphatic rings. The lowest BCUT2D eigenvalue weighted by atomic mass is 9.79. The maximum Gasteiger partial charge on any atom is 0.243 e. The lowest BCUT2D eigenvalue weighted by Gasteiger charge is -2.36. The molecule has 2 heterocycles. The van der Waals surface area contributed by atoms with Gasteiger partial charge in [0.2, 0.25) is 10.0 Å². The predicted octanol–water partition coefficient (Wildman–Crippen LogP) is 1.06. The molecule has 0 aromatic heterocycles. The molecule has 1 aromatic carbocycles. The van der Waals surface area contributed by atoms with Gasteiger partial charge in [0.05, 0.1) is 18.0 Å². The molecule has 2 aliphatic heterocycles. The third-order valence-corrected chi connectivity index (χ3v) is 6.94. The minimum absolute atomic E-state index is 0.427. The molecule has 0 aliphatic carbocycles. The van der Waals surface area contributed by atoms with Gasteiger partial charge in [-0.3, -0.25) is 0 Å². The largest absolute Gasteiger partial charge is 0.346 e. The lowest BCUT2D eigenvalue weighted by molar-refractivity contribution is -0.665. The molecule has 2 saturated heterocycles. The van der Waals surface area contributed by atoms with Crippen molar-refractivity contribution < 1.29 is 13.7 Å². The number of quaternary nitrogens is 1. The summed E-state index contributed by atoms with van der Waals surface area (Å²) in [4.78, 5) is 0.427. The monoisotopic (exact) mass is 309 g/mol. The predicted molar refractivity (Wildman–Crippen MR) is 82.3 cm³/mol. The van der Waals surface area contributed by atoms with Crippen molar-refractivity contribution in [3.05, 3.63) is 30.3 Å². The average molecular weight is 309 g/mol. The van der Waals surface area contributed by atoms with Crippen molar-refractivity contribution in [2.24, 2.45) is 11.8 Å². The molecule has 3 rings (SSSR count). The van der Waals surface area contributed by atoms with E-state index in [9.17, 15) is 8.42 Å². The van der Waals surface area contributed by atoms with Crippen LogP contribution in [0, 0.1) is 11.8 Å². The number of hydrogen-bond donors (Lipinski definition) is 1. The van der Waals surface area contributed by atoms with Crippen LogP contribution in [0.3, 0.4) is 0 Å². The minimum Gasteiger partial charge on any atom is -0.346 e. The summed E-state index contributed by atoms with van der Waals surface area (Å²) in [6, 6.07) is 8.82. The maximum atomic E-state index is 12.6. The molecule has 5 heteroatoms. The van der Waals surface area contributed by atoms with Gasteiger partial charge in [0.15, 0.2) is 0 Å². The molecule has 0 saturated carbocycles. The fourth-order valence-electron chi connectivity index (χ4n) is 3.75. The summed E-state index contributed by atoms with van der Waals surface area (Å²) < 4.78 is 26.9. The van der Waals surface area contributed by atoms with Crippen molar-refractivity contribution in [3.63, 3.8) is 0 Å². The van der Waals surface area contributed by atoms with Gasteiger partial charge >= 0.3 is 0 Å². The zero-order chi connectivity index (χ0) is 14.7. The van der Waals surface area contributed by atoms with Crippen molar-refractivity contribution in [3.8, 4) is 0 Å². The molecule has 116 valence electrons. The van der Waals surface area contributed by atoms with Crippen LogP contribution < -0.4 is 5.32 Å². The quantitative estimate of drug-likeness (QED) is 0.908. The van der Waals surface area contributed by atoms with Gasteiger partial charge < -0.3 is 5.32 Å². The summed E-state index contributed by atoms with van der Waals surface area (Å²) in [6.07, 6.45) is 4.65. The van der Waals surface area contributed by atoms with Crippen LogP contribution in [0.5, 0.6) is 0 Å². The number of rotatable bonds is 3. The average Bonchev–Trinajstić information content (AvgIpc) is 2.57.